The third-order valence-corrected chi connectivity index (χ3v) is 2.68. The lowest BCUT2D eigenvalue weighted by molar-refractivity contribution is -0.139. The van der Waals surface area contributed by atoms with E-state index >= 15 is 0 Å². The van der Waals surface area contributed by atoms with Crippen LogP contribution in [0.25, 0.3) is 0 Å². The summed E-state index contributed by atoms with van der Waals surface area (Å²) in [6, 6.07) is 1.53. The fraction of sp³-hybridized carbons (Fsp3) is 0.462. The van der Waals surface area contributed by atoms with Crippen LogP contribution in [0.2, 0.25) is 0 Å². The van der Waals surface area contributed by atoms with Crippen LogP contribution < -0.4 is 5.32 Å². The Morgan fingerprint density at radius 2 is 2.05 bits per heavy atom. The van der Waals surface area contributed by atoms with Gasteiger partial charge in [0, 0.05) is 6.20 Å². The maximum absolute atomic E-state index is 12.0. The van der Waals surface area contributed by atoms with Gasteiger partial charge < -0.3 is 14.8 Å². The first-order valence-corrected chi connectivity index (χ1v) is 6.22. The largest absolute Gasteiger partial charge is 0.468 e. The normalized spacial score (nSPS) is 9.95. The highest BCUT2D eigenvalue weighted by molar-refractivity contribution is 5.97. The summed E-state index contributed by atoms with van der Waals surface area (Å²) in [5.74, 6) is -0.994. The van der Waals surface area contributed by atoms with E-state index in [0.29, 0.717) is 0 Å². The molecule has 0 atom stereocenters. The van der Waals surface area contributed by atoms with Crippen molar-refractivity contribution in [2.24, 2.45) is 0 Å². The van der Waals surface area contributed by atoms with Crippen LogP contribution >= 0.6 is 0 Å². The molecule has 0 aliphatic carbocycles. The maximum atomic E-state index is 12.0. The van der Waals surface area contributed by atoms with E-state index in [1.54, 1.807) is 12.3 Å². The number of aryl methyl sites for hydroxylation is 1. The molecule has 0 spiro atoms. The van der Waals surface area contributed by atoms with Crippen LogP contribution in [-0.4, -0.2) is 43.2 Å². The quantitative estimate of drug-likeness (QED) is 0.473. The van der Waals surface area contributed by atoms with Gasteiger partial charge in [-0.1, -0.05) is 13.3 Å². The highest BCUT2D eigenvalue weighted by atomic mass is 16.5. The summed E-state index contributed by atoms with van der Waals surface area (Å²) in [6.07, 6.45) is 3.40. The average molecular weight is 281 g/mol. The van der Waals surface area contributed by atoms with Crippen molar-refractivity contribution in [1.82, 2.24) is 9.88 Å². The molecule has 1 amide bonds. The summed E-state index contributed by atoms with van der Waals surface area (Å²) in [4.78, 5) is 23.1. The predicted molar refractivity (Wildman–Crippen MR) is 72.9 cm³/mol. The van der Waals surface area contributed by atoms with E-state index in [2.05, 4.69) is 10.1 Å². The molecule has 1 heterocycles. The van der Waals surface area contributed by atoms with Gasteiger partial charge in [0.05, 0.1) is 14.2 Å². The summed E-state index contributed by atoms with van der Waals surface area (Å²) >= 11 is 0. The van der Waals surface area contributed by atoms with E-state index in [4.69, 9.17) is 10.1 Å². The molecule has 0 aromatic carbocycles. The molecule has 0 saturated carbocycles. The third kappa shape index (κ3) is 3.84. The Balaban J connectivity index is 2.93. The van der Waals surface area contributed by atoms with Crippen LogP contribution in [0.15, 0.2) is 12.3 Å². The van der Waals surface area contributed by atoms with Crippen LogP contribution in [0.4, 0.5) is 0 Å². The molecule has 2 N–H and O–H groups in total. The Hall–Kier alpha value is -2.31. The Morgan fingerprint density at radius 3 is 2.60 bits per heavy atom. The first-order valence-electron chi connectivity index (χ1n) is 6.22. The van der Waals surface area contributed by atoms with Gasteiger partial charge in [-0.15, -0.1) is 0 Å². The van der Waals surface area contributed by atoms with E-state index in [0.717, 1.165) is 18.4 Å². The summed E-state index contributed by atoms with van der Waals surface area (Å²) in [6.45, 7) is 1.81. The lowest BCUT2D eigenvalue weighted by atomic mass is 10.2. The van der Waals surface area contributed by atoms with E-state index in [-0.39, 0.29) is 18.3 Å². The molecule has 0 fully saturated rings. The molecule has 1 aromatic heterocycles. The minimum Gasteiger partial charge on any atom is -0.468 e. The van der Waals surface area contributed by atoms with Crippen LogP contribution in [0, 0.1) is 5.41 Å². The molecular weight excluding hydrogens is 262 g/mol. The molecule has 7 heteroatoms. The fourth-order valence-corrected chi connectivity index (χ4v) is 1.70. The number of carbonyl (C=O) groups is 2. The minimum atomic E-state index is -0.535. The summed E-state index contributed by atoms with van der Waals surface area (Å²) in [7, 11) is 2.61. The number of rotatable bonds is 5. The molecular formula is C13H19N3O4. The standard InChI is InChI=1S/C13H19N3O4/c1-4-5-9-6-10(16(8-9)13(14)20-3)12(18)15-7-11(17)19-2/h6,8,14H,4-5,7H2,1-3H3,(H,15,18). The first-order chi connectivity index (χ1) is 9.53. The maximum Gasteiger partial charge on any atom is 0.325 e. The second kappa shape index (κ2) is 7.32. The Morgan fingerprint density at radius 1 is 1.35 bits per heavy atom. The van der Waals surface area contributed by atoms with Gasteiger partial charge in [-0.2, -0.15) is 0 Å². The molecule has 1 rings (SSSR count). The number of esters is 1. The minimum absolute atomic E-state index is 0.157. The number of amides is 1. The molecule has 7 nitrogen and oxygen atoms in total. The second-order valence-electron chi connectivity index (χ2n) is 4.12. The van der Waals surface area contributed by atoms with Gasteiger partial charge in [0.1, 0.15) is 12.2 Å². The lowest BCUT2D eigenvalue weighted by Gasteiger charge is -2.08. The number of methoxy groups -OCH3 is 2. The van der Waals surface area contributed by atoms with Crippen LogP contribution in [0.3, 0.4) is 0 Å². The van der Waals surface area contributed by atoms with Crippen molar-refractivity contribution >= 4 is 17.9 Å². The van der Waals surface area contributed by atoms with E-state index in [1.165, 1.54) is 18.8 Å². The molecule has 20 heavy (non-hydrogen) atoms. The monoisotopic (exact) mass is 281 g/mol. The Bertz CT molecular complexity index is 508. The zero-order valence-corrected chi connectivity index (χ0v) is 11.9. The number of hydrogen-bond donors (Lipinski definition) is 2. The lowest BCUT2D eigenvalue weighted by Crippen LogP contribution is -2.32. The topological polar surface area (TPSA) is 93.4 Å². The van der Waals surface area contributed by atoms with Gasteiger partial charge >= 0.3 is 5.97 Å². The highest BCUT2D eigenvalue weighted by Crippen LogP contribution is 2.11. The van der Waals surface area contributed by atoms with Crippen molar-refractivity contribution < 1.29 is 19.1 Å². The van der Waals surface area contributed by atoms with Gasteiger partial charge in [0.2, 0.25) is 0 Å². The summed E-state index contributed by atoms with van der Waals surface area (Å²) < 4.78 is 10.6. The van der Waals surface area contributed by atoms with Crippen molar-refractivity contribution in [3.63, 3.8) is 0 Å². The molecule has 0 aliphatic heterocycles. The third-order valence-electron chi connectivity index (χ3n) is 2.68. The number of carbonyl (C=O) groups excluding carboxylic acids is 2. The van der Waals surface area contributed by atoms with Crippen molar-refractivity contribution in [1.29, 1.82) is 5.41 Å². The SMILES string of the molecule is CCCc1cc(C(=O)NCC(=O)OC)n(C(=N)OC)c1. The molecule has 0 bridgehead atoms. The molecule has 0 radical (unpaired) electrons. The second-order valence-corrected chi connectivity index (χ2v) is 4.12. The summed E-state index contributed by atoms with van der Waals surface area (Å²) in [5.41, 5.74) is 1.18. The van der Waals surface area contributed by atoms with Crippen molar-refractivity contribution in [2.75, 3.05) is 20.8 Å². The predicted octanol–water partition coefficient (Wildman–Crippen LogP) is 0.773. The fourth-order valence-electron chi connectivity index (χ4n) is 1.70. The number of aromatic nitrogens is 1. The van der Waals surface area contributed by atoms with Gasteiger partial charge in [-0.05, 0) is 18.1 Å². The molecule has 110 valence electrons. The van der Waals surface area contributed by atoms with E-state index in [1.807, 2.05) is 6.92 Å². The molecule has 1 aromatic rings. The summed E-state index contributed by atoms with van der Waals surface area (Å²) in [5, 5.41) is 10.1. The highest BCUT2D eigenvalue weighted by Gasteiger charge is 2.17. The van der Waals surface area contributed by atoms with Gasteiger partial charge in [0.25, 0.3) is 11.9 Å². The van der Waals surface area contributed by atoms with Crippen LogP contribution in [0.1, 0.15) is 29.4 Å². The van der Waals surface area contributed by atoms with Gasteiger partial charge in [-0.25, -0.2) is 0 Å². The van der Waals surface area contributed by atoms with E-state index in [9.17, 15) is 9.59 Å². The van der Waals surface area contributed by atoms with Crippen LogP contribution in [-0.2, 0) is 20.7 Å². The molecule has 0 aliphatic rings. The zero-order chi connectivity index (χ0) is 15.1. The van der Waals surface area contributed by atoms with Gasteiger partial charge in [-0.3, -0.25) is 19.6 Å². The number of ether oxygens (including phenoxy) is 2. The zero-order valence-electron chi connectivity index (χ0n) is 11.9. The Kier molecular flexibility index (Phi) is 5.76. The van der Waals surface area contributed by atoms with E-state index < -0.39 is 11.9 Å². The number of nitrogens with one attached hydrogen (secondary N) is 2. The van der Waals surface area contributed by atoms with Crippen LogP contribution in [0.5, 0.6) is 0 Å². The molecule has 0 saturated heterocycles. The number of hydrogen-bond acceptors (Lipinski definition) is 5. The van der Waals surface area contributed by atoms with Crippen molar-refractivity contribution in [3.8, 4) is 0 Å². The Labute approximate surface area is 117 Å². The van der Waals surface area contributed by atoms with Gasteiger partial charge in [0.15, 0.2) is 0 Å². The average Bonchev–Trinajstić information content (AvgIpc) is 2.87. The smallest absolute Gasteiger partial charge is 0.325 e. The van der Waals surface area contributed by atoms with Crippen molar-refractivity contribution in [2.45, 2.75) is 19.8 Å². The first kappa shape index (κ1) is 15.7. The number of nitrogens with zero attached hydrogens (tertiary/aromatic N) is 1. The molecule has 0 unspecified atom stereocenters. The van der Waals surface area contributed by atoms with Crippen molar-refractivity contribution in [3.05, 3.63) is 23.5 Å².